The number of nitrogens with one attached hydrogen (secondary N) is 1. The molecular weight excluding hydrogens is 385 g/mol. The normalized spacial score (nSPS) is 11.3. The molecule has 29 heavy (non-hydrogen) atoms. The lowest BCUT2D eigenvalue weighted by Crippen LogP contribution is -2.19. The van der Waals surface area contributed by atoms with Gasteiger partial charge in [0.25, 0.3) is 0 Å². The van der Waals surface area contributed by atoms with Gasteiger partial charge in [-0.05, 0) is 29.8 Å². The van der Waals surface area contributed by atoms with E-state index in [-0.39, 0.29) is 12.6 Å². The Morgan fingerprint density at radius 2 is 1.97 bits per heavy atom. The molecule has 0 aliphatic heterocycles. The van der Waals surface area contributed by atoms with Crippen molar-refractivity contribution in [2.75, 3.05) is 11.9 Å². The van der Waals surface area contributed by atoms with Gasteiger partial charge in [-0.2, -0.15) is 18.4 Å². The molecule has 2 rings (SSSR count). The van der Waals surface area contributed by atoms with Gasteiger partial charge in [-0.1, -0.05) is 31.4 Å². The van der Waals surface area contributed by atoms with Crippen LogP contribution in [0.1, 0.15) is 21.6 Å². The highest BCUT2D eigenvalue weighted by atomic mass is 19.4. The summed E-state index contributed by atoms with van der Waals surface area (Å²) in [5, 5.41) is 11.4. The van der Waals surface area contributed by atoms with Gasteiger partial charge < -0.3 is 10.1 Å². The second kappa shape index (κ2) is 9.32. The number of nitrogens with zero attached hydrogens (tertiary/aromatic N) is 3. The Hall–Kier alpha value is -3.93. The summed E-state index contributed by atoms with van der Waals surface area (Å²) in [5.74, 6) is -1.59. The molecule has 0 fully saturated rings. The van der Waals surface area contributed by atoms with E-state index in [1.54, 1.807) is 0 Å². The summed E-state index contributed by atoms with van der Waals surface area (Å²) in [7, 11) is 0. The molecule has 0 saturated carbocycles. The standard InChI is InChI=1S/C20H15F3N4O2/c1-3-5-13(4-2)12-29-18(28)16-11-25-19(27-17(16)20(21,22)23)26-15-8-6-14(10-24)7-9-15/h3-9,11H,1-2,12H2,(H,25,26,27)/b13-5+. The number of anilines is 2. The van der Waals surface area contributed by atoms with Crippen molar-refractivity contribution in [1.29, 1.82) is 5.26 Å². The number of carbonyl (C=O) groups is 1. The minimum atomic E-state index is -4.91. The number of benzene rings is 1. The highest BCUT2D eigenvalue weighted by molar-refractivity contribution is 5.90. The number of hydrogen-bond donors (Lipinski definition) is 1. The lowest BCUT2D eigenvalue weighted by atomic mass is 10.2. The van der Waals surface area contributed by atoms with Gasteiger partial charge in [0.2, 0.25) is 5.95 Å². The molecule has 1 aromatic heterocycles. The van der Waals surface area contributed by atoms with E-state index in [2.05, 4.69) is 28.4 Å². The molecule has 1 heterocycles. The van der Waals surface area contributed by atoms with E-state index < -0.39 is 23.4 Å². The molecule has 148 valence electrons. The van der Waals surface area contributed by atoms with Crippen molar-refractivity contribution in [2.45, 2.75) is 6.18 Å². The molecule has 0 aliphatic rings. The molecule has 0 bridgehead atoms. The fourth-order valence-corrected chi connectivity index (χ4v) is 2.12. The van der Waals surface area contributed by atoms with Crippen LogP contribution in [0.4, 0.5) is 24.8 Å². The minimum Gasteiger partial charge on any atom is -0.457 e. The van der Waals surface area contributed by atoms with Gasteiger partial charge in [0.1, 0.15) is 12.2 Å². The van der Waals surface area contributed by atoms with Crippen LogP contribution < -0.4 is 5.32 Å². The summed E-state index contributed by atoms with van der Waals surface area (Å²) in [5.41, 5.74) is -1.03. The molecular formula is C20H15F3N4O2. The summed E-state index contributed by atoms with van der Waals surface area (Å²) in [6, 6.07) is 7.85. The second-order valence-corrected chi connectivity index (χ2v) is 5.53. The van der Waals surface area contributed by atoms with Crippen molar-refractivity contribution >= 4 is 17.6 Å². The van der Waals surface area contributed by atoms with E-state index in [9.17, 15) is 18.0 Å². The van der Waals surface area contributed by atoms with Crippen LogP contribution in [-0.2, 0) is 10.9 Å². The zero-order valence-corrected chi connectivity index (χ0v) is 15.0. The Morgan fingerprint density at radius 1 is 1.28 bits per heavy atom. The Morgan fingerprint density at radius 3 is 2.52 bits per heavy atom. The number of rotatable bonds is 7. The summed E-state index contributed by atoms with van der Waals surface area (Å²) in [6.45, 7) is 6.71. The predicted molar refractivity (Wildman–Crippen MR) is 100 cm³/mol. The molecule has 0 atom stereocenters. The maximum absolute atomic E-state index is 13.4. The topological polar surface area (TPSA) is 87.9 Å². The number of alkyl halides is 3. The Bertz CT molecular complexity index is 990. The Balaban J connectivity index is 2.28. The average molecular weight is 400 g/mol. The van der Waals surface area contributed by atoms with Crippen LogP contribution in [0.5, 0.6) is 0 Å². The van der Waals surface area contributed by atoms with Crippen molar-refractivity contribution in [2.24, 2.45) is 0 Å². The molecule has 6 nitrogen and oxygen atoms in total. The number of aromatic nitrogens is 2. The second-order valence-electron chi connectivity index (χ2n) is 5.53. The third kappa shape index (κ3) is 5.77. The molecule has 1 aromatic carbocycles. The largest absolute Gasteiger partial charge is 0.457 e. The maximum atomic E-state index is 13.4. The van der Waals surface area contributed by atoms with Crippen LogP contribution in [0.2, 0.25) is 0 Å². The molecule has 9 heteroatoms. The van der Waals surface area contributed by atoms with Gasteiger partial charge in [-0.25, -0.2) is 14.8 Å². The predicted octanol–water partition coefficient (Wildman–Crippen LogP) is 4.57. The number of carbonyl (C=O) groups excluding carboxylic acids is 1. The van der Waals surface area contributed by atoms with Crippen molar-refractivity contribution in [3.8, 4) is 6.07 Å². The van der Waals surface area contributed by atoms with Crippen LogP contribution in [0, 0.1) is 11.3 Å². The van der Waals surface area contributed by atoms with Gasteiger partial charge in [0, 0.05) is 11.9 Å². The summed E-state index contributed by atoms with van der Waals surface area (Å²) in [6.07, 6.45) is 0.164. The van der Waals surface area contributed by atoms with Crippen LogP contribution in [0.15, 0.2) is 67.4 Å². The number of nitriles is 1. The first-order valence-corrected chi connectivity index (χ1v) is 8.11. The fourth-order valence-electron chi connectivity index (χ4n) is 2.12. The first-order valence-electron chi connectivity index (χ1n) is 8.11. The van der Waals surface area contributed by atoms with Gasteiger partial charge in [0.15, 0.2) is 5.69 Å². The average Bonchev–Trinajstić information content (AvgIpc) is 2.70. The van der Waals surface area contributed by atoms with Gasteiger partial charge in [-0.3, -0.25) is 0 Å². The van der Waals surface area contributed by atoms with E-state index in [0.29, 0.717) is 16.8 Å². The lowest BCUT2D eigenvalue weighted by molar-refractivity contribution is -0.141. The minimum absolute atomic E-state index is 0.281. The molecule has 1 N–H and O–H groups in total. The molecule has 0 radical (unpaired) electrons. The fraction of sp³-hybridized carbons (Fsp3) is 0.100. The highest BCUT2D eigenvalue weighted by Crippen LogP contribution is 2.31. The van der Waals surface area contributed by atoms with E-state index in [1.807, 2.05) is 6.07 Å². The van der Waals surface area contributed by atoms with Gasteiger partial charge in [0.05, 0.1) is 11.6 Å². The monoisotopic (exact) mass is 400 g/mol. The quantitative estimate of drug-likeness (QED) is 0.541. The number of esters is 1. The lowest BCUT2D eigenvalue weighted by Gasteiger charge is -2.13. The molecule has 0 spiro atoms. The van der Waals surface area contributed by atoms with Crippen LogP contribution >= 0.6 is 0 Å². The zero-order valence-electron chi connectivity index (χ0n) is 15.0. The molecule has 0 aliphatic carbocycles. The number of halogens is 3. The third-order valence-electron chi connectivity index (χ3n) is 3.51. The van der Waals surface area contributed by atoms with E-state index >= 15 is 0 Å². The summed E-state index contributed by atoms with van der Waals surface area (Å²) < 4.78 is 45.1. The van der Waals surface area contributed by atoms with Crippen molar-refractivity contribution in [1.82, 2.24) is 9.97 Å². The smallest absolute Gasteiger partial charge is 0.434 e. The Labute approximate surface area is 164 Å². The summed E-state index contributed by atoms with van der Waals surface area (Å²) in [4.78, 5) is 19.3. The van der Waals surface area contributed by atoms with E-state index in [4.69, 9.17) is 10.00 Å². The molecule has 2 aromatic rings. The van der Waals surface area contributed by atoms with Gasteiger partial charge >= 0.3 is 12.1 Å². The molecule has 0 unspecified atom stereocenters. The van der Waals surface area contributed by atoms with Crippen LogP contribution in [0.3, 0.4) is 0 Å². The summed E-state index contributed by atoms with van der Waals surface area (Å²) >= 11 is 0. The number of allylic oxidation sites excluding steroid dienone is 2. The number of ether oxygens (including phenoxy) is 1. The van der Waals surface area contributed by atoms with E-state index in [0.717, 1.165) is 6.20 Å². The van der Waals surface area contributed by atoms with Crippen molar-refractivity contribution < 1.29 is 22.7 Å². The van der Waals surface area contributed by atoms with Crippen LogP contribution in [-0.4, -0.2) is 22.5 Å². The van der Waals surface area contributed by atoms with Crippen molar-refractivity contribution in [3.63, 3.8) is 0 Å². The zero-order chi connectivity index (χ0) is 21.4. The van der Waals surface area contributed by atoms with Gasteiger partial charge in [-0.15, -0.1) is 0 Å². The SMILES string of the molecule is C=C/C=C(\C=C)COC(=O)c1cnc(Nc2ccc(C#N)cc2)nc1C(F)(F)F. The first-order chi connectivity index (χ1) is 13.8. The van der Waals surface area contributed by atoms with E-state index in [1.165, 1.54) is 42.5 Å². The Kier molecular flexibility index (Phi) is 6.87. The highest BCUT2D eigenvalue weighted by Gasteiger charge is 2.38. The van der Waals surface area contributed by atoms with Crippen molar-refractivity contribution in [3.05, 3.63) is 84.2 Å². The molecule has 0 amide bonds. The van der Waals surface area contributed by atoms with Crippen LogP contribution in [0.25, 0.3) is 0 Å². The first kappa shape index (κ1) is 21.4. The third-order valence-corrected chi connectivity index (χ3v) is 3.51. The number of hydrogen-bond acceptors (Lipinski definition) is 6. The molecule has 0 saturated heterocycles. The maximum Gasteiger partial charge on any atom is 0.434 e.